The van der Waals surface area contributed by atoms with Gasteiger partial charge in [0.2, 0.25) is 0 Å². The molecule has 0 saturated heterocycles. The second-order valence-corrected chi connectivity index (χ2v) is 5.90. The van der Waals surface area contributed by atoms with Crippen LogP contribution >= 0.6 is 0 Å². The third-order valence-electron chi connectivity index (χ3n) is 4.09. The molecule has 1 nitrogen and oxygen atoms in total. The first-order chi connectivity index (χ1) is 9.22. The summed E-state index contributed by atoms with van der Waals surface area (Å²) in [6.45, 7) is 2.07. The molecule has 0 aliphatic heterocycles. The van der Waals surface area contributed by atoms with Crippen molar-refractivity contribution in [2.24, 2.45) is 11.8 Å². The Balaban J connectivity index is 1.71. The van der Waals surface area contributed by atoms with Gasteiger partial charge < -0.3 is 0 Å². The normalized spacial score (nSPS) is 16.5. The molecule has 2 aromatic rings. The summed E-state index contributed by atoms with van der Waals surface area (Å²) in [6.07, 6.45) is 4.19. The highest BCUT2D eigenvalue weighted by atomic mass is 16.1. The van der Waals surface area contributed by atoms with Crippen molar-refractivity contribution >= 4 is 16.6 Å². The lowest BCUT2D eigenvalue weighted by atomic mass is 9.93. The fraction of sp³-hybridized carbons (Fsp3) is 0.389. The minimum Gasteiger partial charge on any atom is -0.299 e. The smallest absolute Gasteiger partial charge is 0.136 e. The summed E-state index contributed by atoms with van der Waals surface area (Å²) in [4.78, 5) is 12.1. The number of carbonyl (C=O) groups excluding carboxylic acids is 1. The highest BCUT2D eigenvalue weighted by Gasteiger charge is 2.26. The van der Waals surface area contributed by atoms with E-state index in [-0.39, 0.29) is 5.92 Å². The fourth-order valence-electron chi connectivity index (χ4n) is 2.64. The predicted molar refractivity (Wildman–Crippen MR) is 79.2 cm³/mol. The van der Waals surface area contributed by atoms with Gasteiger partial charge in [0.15, 0.2) is 0 Å². The van der Waals surface area contributed by atoms with Crippen LogP contribution in [0, 0.1) is 11.8 Å². The van der Waals surface area contributed by atoms with E-state index < -0.39 is 0 Å². The van der Waals surface area contributed by atoms with E-state index in [1.807, 2.05) is 0 Å². The number of rotatable bonds is 5. The summed E-state index contributed by atoms with van der Waals surface area (Å²) in [5, 5.41) is 2.53. The van der Waals surface area contributed by atoms with E-state index in [1.54, 1.807) is 0 Å². The van der Waals surface area contributed by atoms with Gasteiger partial charge in [0.1, 0.15) is 5.78 Å². The van der Waals surface area contributed by atoms with Crippen molar-refractivity contribution in [2.45, 2.75) is 32.6 Å². The maximum atomic E-state index is 12.1. The van der Waals surface area contributed by atoms with Crippen molar-refractivity contribution < 1.29 is 4.79 Å². The maximum Gasteiger partial charge on any atom is 0.136 e. The third kappa shape index (κ3) is 3.04. The molecule has 0 heterocycles. The summed E-state index contributed by atoms with van der Waals surface area (Å²) in [6, 6.07) is 14.9. The molecule has 0 aromatic heterocycles. The monoisotopic (exact) mass is 252 g/mol. The first kappa shape index (κ1) is 12.4. The second kappa shape index (κ2) is 5.16. The van der Waals surface area contributed by atoms with Crippen LogP contribution in [0.5, 0.6) is 0 Å². The molecule has 1 aliphatic carbocycles. The molecule has 98 valence electrons. The molecule has 19 heavy (non-hydrogen) atoms. The lowest BCUT2D eigenvalue weighted by Gasteiger charge is -2.11. The Morgan fingerprint density at radius 3 is 2.63 bits per heavy atom. The summed E-state index contributed by atoms with van der Waals surface area (Å²) < 4.78 is 0. The van der Waals surface area contributed by atoms with Gasteiger partial charge in [0, 0.05) is 12.3 Å². The van der Waals surface area contributed by atoms with Gasteiger partial charge in [-0.25, -0.2) is 0 Å². The Morgan fingerprint density at radius 2 is 1.89 bits per heavy atom. The molecular formula is C18H20O. The number of Topliss-reactive ketones (excluding diaryl/α,β-unsaturated/α-hetero) is 1. The highest BCUT2D eigenvalue weighted by Crippen LogP contribution is 2.33. The number of hydrogen-bond acceptors (Lipinski definition) is 1. The van der Waals surface area contributed by atoms with Crippen LogP contribution in [-0.2, 0) is 11.2 Å². The van der Waals surface area contributed by atoms with Crippen LogP contribution < -0.4 is 0 Å². The molecule has 2 aromatic carbocycles. The zero-order chi connectivity index (χ0) is 13.2. The first-order valence-electron chi connectivity index (χ1n) is 7.23. The SMILES string of the molecule is CC(Cc1ccc2ccccc2c1)C(=O)CC1CC1. The molecule has 3 rings (SSSR count). The molecule has 0 N–H and O–H groups in total. The Labute approximate surface area is 114 Å². The van der Waals surface area contributed by atoms with Crippen molar-refractivity contribution in [1.29, 1.82) is 0 Å². The molecule has 0 bridgehead atoms. The minimum absolute atomic E-state index is 0.154. The zero-order valence-corrected chi connectivity index (χ0v) is 11.4. The van der Waals surface area contributed by atoms with E-state index in [4.69, 9.17) is 0 Å². The summed E-state index contributed by atoms with van der Waals surface area (Å²) >= 11 is 0. The van der Waals surface area contributed by atoms with Crippen molar-refractivity contribution in [2.75, 3.05) is 0 Å². The van der Waals surface area contributed by atoms with Crippen molar-refractivity contribution in [1.82, 2.24) is 0 Å². The van der Waals surface area contributed by atoms with E-state index in [0.29, 0.717) is 11.7 Å². The number of ketones is 1. The molecule has 0 radical (unpaired) electrons. The van der Waals surface area contributed by atoms with Crippen molar-refractivity contribution in [3.05, 3.63) is 48.0 Å². The van der Waals surface area contributed by atoms with Gasteiger partial charge in [-0.1, -0.05) is 49.4 Å². The molecule has 1 saturated carbocycles. The lowest BCUT2D eigenvalue weighted by molar-refractivity contribution is -0.122. The number of fused-ring (bicyclic) bond motifs is 1. The average molecular weight is 252 g/mol. The lowest BCUT2D eigenvalue weighted by Crippen LogP contribution is -2.14. The van der Waals surface area contributed by atoms with Gasteiger partial charge in [-0.05, 0) is 41.5 Å². The Morgan fingerprint density at radius 1 is 1.16 bits per heavy atom. The summed E-state index contributed by atoms with van der Waals surface area (Å²) in [5.41, 5.74) is 1.27. The zero-order valence-electron chi connectivity index (χ0n) is 11.4. The Bertz CT molecular complexity index is 595. The topological polar surface area (TPSA) is 17.1 Å². The second-order valence-electron chi connectivity index (χ2n) is 5.90. The predicted octanol–water partition coefficient (Wildman–Crippen LogP) is 4.39. The van der Waals surface area contributed by atoms with Crippen LogP contribution in [0.4, 0.5) is 0 Å². The maximum absolute atomic E-state index is 12.1. The number of hydrogen-bond donors (Lipinski definition) is 0. The van der Waals surface area contributed by atoms with Gasteiger partial charge in [-0.3, -0.25) is 4.79 Å². The van der Waals surface area contributed by atoms with Gasteiger partial charge in [-0.15, -0.1) is 0 Å². The van der Waals surface area contributed by atoms with Crippen LogP contribution in [0.25, 0.3) is 10.8 Å². The van der Waals surface area contributed by atoms with Gasteiger partial charge in [0.25, 0.3) is 0 Å². The summed E-state index contributed by atoms with van der Waals surface area (Å²) in [5.74, 6) is 1.30. The molecular weight excluding hydrogens is 232 g/mol. The van der Waals surface area contributed by atoms with E-state index in [0.717, 1.165) is 12.8 Å². The average Bonchev–Trinajstić information content (AvgIpc) is 3.22. The first-order valence-corrected chi connectivity index (χ1v) is 7.23. The minimum atomic E-state index is 0.154. The largest absolute Gasteiger partial charge is 0.299 e. The molecule has 1 heteroatoms. The number of carbonyl (C=O) groups is 1. The van der Waals surface area contributed by atoms with E-state index in [2.05, 4.69) is 49.4 Å². The van der Waals surface area contributed by atoms with Gasteiger partial charge in [0.05, 0.1) is 0 Å². The van der Waals surface area contributed by atoms with Crippen LogP contribution in [0.1, 0.15) is 31.7 Å². The molecule has 1 atom stereocenters. The van der Waals surface area contributed by atoms with Crippen molar-refractivity contribution in [3.8, 4) is 0 Å². The van der Waals surface area contributed by atoms with Gasteiger partial charge >= 0.3 is 0 Å². The number of benzene rings is 2. The molecule has 0 spiro atoms. The summed E-state index contributed by atoms with van der Waals surface area (Å²) in [7, 11) is 0. The third-order valence-corrected chi connectivity index (χ3v) is 4.09. The molecule has 1 fully saturated rings. The Hall–Kier alpha value is -1.63. The van der Waals surface area contributed by atoms with Crippen LogP contribution in [-0.4, -0.2) is 5.78 Å². The van der Waals surface area contributed by atoms with E-state index in [9.17, 15) is 4.79 Å². The molecule has 0 amide bonds. The standard InChI is InChI=1S/C18H20O/c1-13(18(19)12-14-6-7-14)10-15-8-9-16-4-2-3-5-17(16)11-15/h2-5,8-9,11,13-14H,6-7,10,12H2,1H3. The van der Waals surface area contributed by atoms with E-state index >= 15 is 0 Å². The fourth-order valence-corrected chi connectivity index (χ4v) is 2.64. The van der Waals surface area contributed by atoms with Crippen LogP contribution in [0.3, 0.4) is 0 Å². The molecule has 1 unspecified atom stereocenters. The van der Waals surface area contributed by atoms with Crippen LogP contribution in [0.15, 0.2) is 42.5 Å². The molecule has 1 aliphatic rings. The van der Waals surface area contributed by atoms with Crippen LogP contribution in [0.2, 0.25) is 0 Å². The quantitative estimate of drug-likeness (QED) is 0.771. The Kier molecular flexibility index (Phi) is 3.37. The highest BCUT2D eigenvalue weighted by molar-refractivity contribution is 5.84. The van der Waals surface area contributed by atoms with Crippen molar-refractivity contribution in [3.63, 3.8) is 0 Å². The van der Waals surface area contributed by atoms with E-state index in [1.165, 1.54) is 29.2 Å². The van der Waals surface area contributed by atoms with Gasteiger partial charge in [-0.2, -0.15) is 0 Å².